The molecule has 0 N–H and O–H groups in total. The molecule has 172 valence electrons. The number of aryl methyl sites for hydroxylation is 2. The summed E-state index contributed by atoms with van der Waals surface area (Å²) in [5, 5.41) is 0. The lowest BCUT2D eigenvalue weighted by molar-refractivity contribution is 0.00578. The van der Waals surface area contributed by atoms with Crippen LogP contribution < -0.4 is 10.2 Å². The molecule has 2 aliphatic rings. The van der Waals surface area contributed by atoms with Crippen molar-refractivity contribution in [3.05, 3.63) is 23.3 Å². The Labute approximate surface area is 187 Å². The lowest BCUT2D eigenvalue weighted by Gasteiger charge is -2.33. The molecule has 7 heteroatoms. The molecule has 0 aromatic heterocycles. The highest BCUT2D eigenvalue weighted by molar-refractivity contribution is 6.63. The SMILES string of the molecule is Cc1cc(OC2CCN(C(=O)OC(C)(C)C)CC2)cc(C)c1B1OC(C)(C)C(C)(C)O1. The summed E-state index contributed by atoms with van der Waals surface area (Å²) >= 11 is 0. The van der Waals surface area contributed by atoms with Crippen molar-refractivity contribution in [1.82, 2.24) is 4.90 Å². The Morgan fingerprint density at radius 2 is 1.52 bits per heavy atom. The predicted octanol–water partition coefficient (Wildman–Crippen LogP) is 4.38. The number of hydrogen-bond acceptors (Lipinski definition) is 5. The number of amides is 1. The van der Waals surface area contributed by atoms with Crippen LogP contribution in [0.3, 0.4) is 0 Å². The van der Waals surface area contributed by atoms with Crippen LogP contribution in [0.4, 0.5) is 4.79 Å². The Balaban J connectivity index is 1.63. The van der Waals surface area contributed by atoms with Gasteiger partial charge in [-0.15, -0.1) is 0 Å². The van der Waals surface area contributed by atoms with E-state index < -0.39 is 5.60 Å². The van der Waals surface area contributed by atoms with E-state index >= 15 is 0 Å². The molecule has 6 nitrogen and oxygen atoms in total. The number of nitrogens with zero attached hydrogens (tertiary/aromatic N) is 1. The van der Waals surface area contributed by atoms with Gasteiger partial charge in [-0.1, -0.05) is 0 Å². The Morgan fingerprint density at radius 3 is 1.97 bits per heavy atom. The molecule has 0 radical (unpaired) electrons. The van der Waals surface area contributed by atoms with Gasteiger partial charge in [-0.25, -0.2) is 4.79 Å². The van der Waals surface area contributed by atoms with E-state index in [1.807, 2.05) is 20.8 Å². The zero-order valence-corrected chi connectivity index (χ0v) is 20.6. The summed E-state index contributed by atoms with van der Waals surface area (Å²) in [6.07, 6.45) is 1.41. The van der Waals surface area contributed by atoms with Gasteiger partial charge in [-0.05, 0) is 91.0 Å². The van der Waals surface area contributed by atoms with Crippen molar-refractivity contribution in [1.29, 1.82) is 0 Å². The maximum Gasteiger partial charge on any atom is 0.495 e. The van der Waals surface area contributed by atoms with Crippen LogP contribution in [-0.4, -0.2) is 54.1 Å². The first-order valence-corrected chi connectivity index (χ1v) is 11.3. The molecule has 2 heterocycles. The molecule has 0 aliphatic carbocycles. The summed E-state index contributed by atoms with van der Waals surface area (Å²) in [5.41, 5.74) is 2.06. The van der Waals surface area contributed by atoms with Gasteiger partial charge in [0.1, 0.15) is 17.5 Å². The minimum Gasteiger partial charge on any atom is -0.490 e. The zero-order chi connectivity index (χ0) is 23.2. The molecule has 2 saturated heterocycles. The molecule has 1 amide bonds. The number of rotatable bonds is 3. The molecule has 2 fully saturated rings. The largest absolute Gasteiger partial charge is 0.495 e. The summed E-state index contributed by atoms with van der Waals surface area (Å²) < 4.78 is 24.3. The van der Waals surface area contributed by atoms with Gasteiger partial charge >= 0.3 is 13.2 Å². The highest BCUT2D eigenvalue weighted by atomic mass is 16.7. The predicted molar refractivity (Wildman–Crippen MR) is 123 cm³/mol. The van der Waals surface area contributed by atoms with Gasteiger partial charge in [0, 0.05) is 25.9 Å². The first kappa shape index (κ1) is 23.9. The first-order chi connectivity index (χ1) is 14.2. The number of piperidine rings is 1. The molecule has 1 aromatic rings. The van der Waals surface area contributed by atoms with Gasteiger partial charge in [0.25, 0.3) is 0 Å². The van der Waals surface area contributed by atoms with Gasteiger partial charge in [0.15, 0.2) is 0 Å². The standard InChI is InChI=1S/C24H38BNO5/c1-16-14-19(15-17(2)20(16)25-30-23(6,7)24(8,9)31-25)28-18-10-12-26(13-11-18)21(27)29-22(3,4)5/h14-15,18H,10-13H2,1-9H3. The van der Waals surface area contributed by atoms with Crippen LogP contribution in [-0.2, 0) is 14.0 Å². The van der Waals surface area contributed by atoms with Gasteiger partial charge in [0.2, 0.25) is 0 Å². The average Bonchev–Trinajstić information content (AvgIpc) is 2.80. The van der Waals surface area contributed by atoms with Gasteiger partial charge < -0.3 is 23.7 Å². The number of hydrogen-bond donors (Lipinski definition) is 0. The van der Waals surface area contributed by atoms with Crippen molar-refractivity contribution in [3.8, 4) is 5.75 Å². The molecule has 3 rings (SSSR count). The summed E-state index contributed by atoms with van der Waals surface area (Å²) in [4.78, 5) is 14.0. The van der Waals surface area contributed by atoms with Crippen molar-refractivity contribution in [3.63, 3.8) is 0 Å². The molecule has 0 spiro atoms. The van der Waals surface area contributed by atoms with Crippen molar-refractivity contribution in [2.45, 2.75) is 98.1 Å². The monoisotopic (exact) mass is 431 g/mol. The minimum atomic E-state index is -0.474. The van der Waals surface area contributed by atoms with Gasteiger partial charge in [-0.2, -0.15) is 0 Å². The highest BCUT2D eigenvalue weighted by Crippen LogP contribution is 2.37. The third-order valence-corrected chi connectivity index (χ3v) is 6.45. The lowest BCUT2D eigenvalue weighted by Crippen LogP contribution is -2.44. The van der Waals surface area contributed by atoms with E-state index in [4.69, 9.17) is 18.8 Å². The molecular weight excluding hydrogens is 393 g/mol. The molecule has 0 atom stereocenters. The van der Waals surface area contributed by atoms with Crippen LogP contribution in [0.1, 0.15) is 72.4 Å². The highest BCUT2D eigenvalue weighted by Gasteiger charge is 2.52. The molecule has 31 heavy (non-hydrogen) atoms. The Kier molecular flexibility index (Phi) is 6.42. The Morgan fingerprint density at radius 1 is 1.03 bits per heavy atom. The van der Waals surface area contributed by atoms with Crippen LogP contribution in [0.25, 0.3) is 0 Å². The molecule has 1 aromatic carbocycles. The van der Waals surface area contributed by atoms with Crippen molar-refractivity contribution >= 4 is 18.7 Å². The third kappa shape index (κ3) is 5.37. The van der Waals surface area contributed by atoms with Crippen LogP contribution >= 0.6 is 0 Å². The smallest absolute Gasteiger partial charge is 0.490 e. The fourth-order valence-electron chi connectivity index (χ4n) is 4.01. The summed E-state index contributed by atoms with van der Waals surface area (Å²) in [6, 6.07) is 4.13. The second-order valence-corrected chi connectivity index (χ2v) is 10.8. The lowest BCUT2D eigenvalue weighted by atomic mass is 9.73. The molecule has 0 bridgehead atoms. The van der Waals surface area contributed by atoms with E-state index in [2.05, 4.69) is 53.7 Å². The fraction of sp³-hybridized carbons (Fsp3) is 0.708. The summed E-state index contributed by atoms with van der Waals surface area (Å²) in [5.74, 6) is 0.853. The summed E-state index contributed by atoms with van der Waals surface area (Å²) in [7, 11) is -0.379. The maximum absolute atomic E-state index is 12.3. The number of likely N-dealkylation sites (tertiary alicyclic amines) is 1. The second-order valence-electron chi connectivity index (χ2n) is 10.8. The normalized spacial score (nSPS) is 21.3. The Hall–Kier alpha value is -1.73. The fourth-order valence-corrected chi connectivity index (χ4v) is 4.01. The van der Waals surface area contributed by atoms with Crippen LogP contribution in [0.2, 0.25) is 0 Å². The van der Waals surface area contributed by atoms with E-state index in [-0.39, 0.29) is 30.5 Å². The molecule has 0 saturated carbocycles. The first-order valence-electron chi connectivity index (χ1n) is 11.3. The zero-order valence-electron chi connectivity index (χ0n) is 20.6. The van der Waals surface area contributed by atoms with Crippen LogP contribution in [0.15, 0.2) is 12.1 Å². The molecule has 2 aliphatic heterocycles. The number of carbonyl (C=O) groups excluding carboxylic acids is 1. The summed E-state index contributed by atoms with van der Waals surface area (Å²) in [6.45, 7) is 19.4. The Bertz CT molecular complexity index is 783. The minimum absolute atomic E-state index is 0.0835. The average molecular weight is 431 g/mol. The van der Waals surface area contributed by atoms with E-state index in [9.17, 15) is 4.79 Å². The van der Waals surface area contributed by atoms with Crippen molar-refractivity contribution in [2.24, 2.45) is 0 Å². The van der Waals surface area contributed by atoms with E-state index in [0.29, 0.717) is 13.1 Å². The molecular formula is C24H38BNO5. The van der Waals surface area contributed by atoms with Crippen LogP contribution in [0, 0.1) is 13.8 Å². The van der Waals surface area contributed by atoms with Crippen molar-refractivity contribution in [2.75, 3.05) is 13.1 Å². The number of ether oxygens (including phenoxy) is 2. The maximum atomic E-state index is 12.3. The second kappa shape index (κ2) is 8.32. The van der Waals surface area contributed by atoms with Crippen LogP contribution in [0.5, 0.6) is 5.75 Å². The number of carbonyl (C=O) groups is 1. The quantitative estimate of drug-likeness (QED) is 0.665. The van der Waals surface area contributed by atoms with Gasteiger partial charge in [-0.3, -0.25) is 0 Å². The topological polar surface area (TPSA) is 57.2 Å². The van der Waals surface area contributed by atoms with E-state index in [1.165, 1.54) is 0 Å². The van der Waals surface area contributed by atoms with E-state index in [1.54, 1.807) is 4.90 Å². The van der Waals surface area contributed by atoms with Gasteiger partial charge in [0.05, 0.1) is 11.2 Å². The molecule has 0 unspecified atom stereocenters. The third-order valence-electron chi connectivity index (χ3n) is 6.45. The van der Waals surface area contributed by atoms with E-state index in [0.717, 1.165) is 35.2 Å². The van der Waals surface area contributed by atoms with Crippen molar-refractivity contribution < 1.29 is 23.6 Å². The number of benzene rings is 1.